The van der Waals surface area contributed by atoms with Crippen LogP contribution < -0.4 is 5.73 Å². The van der Waals surface area contributed by atoms with E-state index in [9.17, 15) is 0 Å². The minimum Gasteiger partial charge on any atom is -0.324 e. The highest BCUT2D eigenvalue weighted by Crippen LogP contribution is 2.34. The topological polar surface area (TPSA) is 26.0 Å². The molecule has 0 unspecified atom stereocenters. The lowest BCUT2D eigenvalue weighted by Crippen LogP contribution is -2.18. The largest absolute Gasteiger partial charge is 0.324 e. The first kappa shape index (κ1) is 10.4. The van der Waals surface area contributed by atoms with Gasteiger partial charge in [0.05, 0.1) is 0 Å². The van der Waals surface area contributed by atoms with Gasteiger partial charge in [0.2, 0.25) is 0 Å². The molecule has 1 nitrogen and oxygen atoms in total. The Morgan fingerprint density at radius 1 is 1.14 bits per heavy atom. The molecule has 1 atom stereocenters. The Bertz CT molecular complexity index is 288. The van der Waals surface area contributed by atoms with Crippen LogP contribution in [0.4, 0.5) is 0 Å². The lowest BCUT2D eigenvalue weighted by molar-refractivity contribution is 0.445. The Morgan fingerprint density at radius 3 is 2.29 bits per heavy atom. The third kappa shape index (κ3) is 2.28. The van der Waals surface area contributed by atoms with Crippen molar-refractivity contribution in [3.63, 3.8) is 0 Å². The average Bonchev–Trinajstić information content (AvgIpc) is 2.71. The van der Waals surface area contributed by atoms with Gasteiger partial charge in [0.1, 0.15) is 0 Å². The van der Waals surface area contributed by atoms with Crippen molar-refractivity contribution >= 4 is 22.6 Å². The third-order valence-corrected chi connectivity index (χ3v) is 3.88. The van der Waals surface area contributed by atoms with Gasteiger partial charge in [0.25, 0.3) is 0 Å². The summed E-state index contributed by atoms with van der Waals surface area (Å²) in [6, 6.07) is 8.89. The first-order chi connectivity index (χ1) is 6.77. The summed E-state index contributed by atoms with van der Waals surface area (Å²) >= 11 is 2.33. The van der Waals surface area contributed by atoms with Crippen LogP contribution in [0.15, 0.2) is 24.3 Å². The van der Waals surface area contributed by atoms with Gasteiger partial charge in [-0.1, -0.05) is 25.0 Å². The fraction of sp³-hybridized carbons (Fsp3) is 0.500. The van der Waals surface area contributed by atoms with Gasteiger partial charge in [-0.15, -0.1) is 0 Å². The summed E-state index contributed by atoms with van der Waals surface area (Å²) in [5, 5.41) is 0. The zero-order valence-corrected chi connectivity index (χ0v) is 10.4. The molecule has 1 aliphatic rings. The molecular weight excluding hydrogens is 285 g/mol. The van der Waals surface area contributed by atoms with Gasteiger partial charge in [0, 0.05) is 9.61 Å². The van der Waals surface area contributed by atoms with Crippen LogP contribution >= 0.6 is 22.6 Å². The molecule has 76 valence electrons. The first-order valence-electron chi connectivity index (χ1n) is 5.28. The van der Waals surface area contributed by atoms with Crippen molar-refractivity contribution in [2.75, 3.05) is 0 Å². The Balaban J connectivity index is 2.09. The van der Waals surface area contributed by atoms with E-state index in [0.717, 1.165) is 5.92 Å². The molecule has 0 aromatic heterocycles. The molecule has 0 aliphatic heterocycles. The summed E-state index contributed by atoms with van der Waals surface area (Å²) in [4.78, 5) is 0. The first-order valence-corrected chi connectivity index (χ1v) is 6.36. The summed E-state index contributed by atoms with van der Waals surface area (Å²) in [6.45, 7) is 0. The van der Waals surface area contributed by atoms with E-state index in [0.29, 0.717) is 0 Å². The zero-order chi connectivity index (χ0) is 9.97. The van der Waals surface area contributed by atoms with Gasteiger partial charge in [-0.25, -0.2) is 0 Å². The van der Waals surface area contributed by atoms with Crippen molar-refractivity contribution in [3.05, 3.63) is 33.4 Å². The van der Waals surface area contributed by atoms with Gasteiger partial charge >= 0.3 is 0 Å². The lowest BCUT2D eigenvalue weighted by Gasteiger charge is -2.19. The van der Waals surface area contributed by atoms with Gasteiger partial charge in [-0.3, -0.25) is 0 Å². The number of nitrogens with two attached hydrogens (primary N) is 1. The van der Waals surface area contributed by atoms with Crippen LogP contribution in [0.3, 0.4) is 0 Å². The molecule has 1 fully saturated rings. The second kappa shape index (κ2) is 4.62. The standard InChI is InChI=1S/C12H16IN/c13-11-7-5-10(6-8-11)12(14)9-3-1-2-4-9/h5-9,12H,1-4,14H2/t12-/m0/s1. The Hall–Kier alpha value is -0.0900. The van der Waals surface area contributed by atoms with Crippen molar-refractivity contribution < 1.29 is 0 Å². The molecule has 2 N–H and O–H groups in total. The number of benzene rings is 1. The maximum absolute atomic E-state index is 6.25. The molecule has 1 aromatic rings. The summed E-state index contributed by atoms with van der Waals surface area (Å²) in [5.41, 5.74) is 7.55. The van der Waals surface area contributed by atoms with Gasteiger partial charge in [-0.05, 0) is 59.0 Å². The predicted molar refractivity (Wildman–Crippen MR) is 68.0 cm³/mol. The molecule has 0 spiro atoms. The minimum absolute atomic E-state index is 0.259. The monoisotopic (exact) mass is 301 g/mol. The van der Waals surface area contributed by atoms with E-state index in [-0.39, 0.29) is 6.04 Å². The fourth-order valence-corrected chi connectivity index (χ4v) is 2.63. The quantitative estimate of drug-likeness (QED) is 0.832. The van der Waals surface area contributed by atoms with Crippen molar-refractivity contribution in [1.82, 2.24) is 0 Å². The van der Waals surface area contributed by atoms with E-state index in [2.05, 4.69) is 46.9 Å². The van der Waals surface area contributed by atoms with Crippen molar-refractivity contribution in [2.45, 2.75) is 31.7 Å². The fourth-order valence-electron chi connectivity index (χ4n) is 2.27. The molecule has 14 heavy (non-hydrogen) atoms. The van der Waals surface area contributed by atoms with Crippen LogP contribution in [0.5, 0.6) is 0 Å². The number of halogens is 1. The number of hydrogen-bond acceptors (Lipinski definition) is 1. The van der Waals surface area contributed by atoms with Crippen LogP contribution in [0.2, 0.25) is 0 Å². The molecule has 2 rings (SSSR count). The Morgan fingerprint density at radius 2 is 1.71 bits per heavy atom. The molecule has 0 heterocycles. The Labute approximate surface area is 99.2 Å². The van der Waals surface area contributed by atoms with E-state index >= 15 is 0 Å². The number of rotatable bonds is 2. The smallest absolute Gasteiger partial charge is 0.0323 e. The second-order valence-corrected chi connectivity index (χ2v) is 5.37. The van der Waals surface area contributed by atoms with Crippen molar-refractivity contribution in [2.24, 2.45) is 11.7 Å². The Kier molecular flexibility index (Phi) is 3.44. The van der Waals surface area contributed by atoms with E-state index in [4.69, 9.17) is 5.73 Å². The van der Waals surface area contributed by atoms with E-state index in [1.165, 1.54) is 34.8 Å². The SMILES string of the molecule is N[C@H](c1ccc(I)cc1)C1CCCC1. The van der Waals surface area contributed by atoms with Gasteiger partial charge < -0.3 is 5.73 Å². The van der Waals surface area contributed by atoms with Gasteiger partial charge in [0.15, 0.2) is 0 Å². The van der Waals surface area contributed by atoms with Crippen LogP contribution in [0.1, 0.15) is 37.3 Å². The highest BCUT2D eigenvalue weighted by molar-refractivity contribution is 14.1. The molecule has 0 bridgehead atoms. The second-order valence-electron chi connectivity index (χ2n) is 4.12. The summed E-state index contributed by atoms with van der Waals surface area (Å²) in [5.74, 6) is 0.718. The molecule has 2 heteroatoms. The average molecular weight is 301 g/mol. The highest BCUT2D eigenvalue weighted by atomic mass is 127. The van der Waals surface area contributed by atoms with E-state index in [1.807, 2.05) is 0 Å². The molecule has 0 radical (unpaired) electrons. The number of hydrogen-bond donors (Lipinski definition) is 1. The molecule has 1 saturated carbocycles. The van der Waals surface area contributed by atoms with Crippen LogP contribution in [-0.4, -0.2) is 0 Å². The third-order valence-electron chi connectivity index (χ3n) is 3.16. The maximum atomic E-state index is 6.25. The molecule has 0 saturated heterocycles. The summed E-state index contributed by atoms with van der Waals surface area (Å²) < 4.78 is 1.28. The van der Waals surface area contributed by atoms with Crippen LogP contribution in [0.25, 0.3) is 0 Å². The van der Waals surface area contributed by atoms with Crippen molar-refractivity contribution in [3.8, 4) is 0 Å². The maximum Gasteiger partial charge on any atom is 0.0323 e. The zero-order valence-electron chi connectivity index (χ0n) is 8.25. The van der Waals surface area contributed by atoms with E-state index < -0.39 is 0 Å². The minimum atomic E-state index is 0.259. The van der Waals surface area contributed by atoms with Crippen molar-refractivity contribution in [1.29, 1.82) is 0 Å². The lowest BCUT2D eigenvalue weighted by atomic mass is 9.93. The molecule has 0 amide bonds. The normalized spacial score (nSPS) is 19.9. The van der Waals surface area contributed by atoms with E-state index in [1.54, 1.807) is 0 Å². The summed E-state index contributed by atoms with van der Waals surface area (Å²) in [7, 11) is 0. The highest BCUT2D eigenvalue weighted by Gasteiger charge is 2.22. The summed E-state index contributed by atoms with van der Waals surface area (Å²) in [6.07, 6.45) is 5.35. The van der Waals surface area contributed by atoms with Crippen LogP contribution in [-0.2, 0) is 0 Å². The molecule has 1 aromatic carbocycles. The van der Waals surface area contributed by atoms with Crippen LogP contribution in [0, 0.1) is 9.49 Å². The molecule has 1 aliphatic carbocycles. The van der Waals surface area contributed by atoms with Gasteiger partial charge in [-0.2, -0.15) is 0 Å². The predicted octanol–water partition coefficient (Wildman–Crippen LogP) is 3.48. The molecular formula is C12H16IN.